The highest BCUT2D eigenvalue weighted by Gasteiger charge is 2.14. The SMILES string of the molecule is CCN(CCN1CCOCC1)c1cn(-c2ccc(Cl)c(Cl)c2)nn1.Cl. The molecule has 9 heteroatoms. The first kappa shape index (κ1) is 20.3. The molecule has 25 heavy (non-hydrogen) atoms. The lowest BCUT2D eigenvalue weighted by atomic mass is 10.3. The zero-order valence-electron chi connectivity index (χ0n) is 14.1. The molecule has 1 aliphatic heterocycles. The summed E-state index contributed by atoms with van der Waals surface area (Å²) in [5.74, 6) is 0.858. The minimum atomic E-state index is 0. The largest absolute Gasteiger partial charge is 0.379 e. The monoisotopic (exact) mass is 405 g/mol. The van der Waals surface area contributed by atoms with Gasteiger partial charge in [-0.2, -0.15) is 0 Å². The van der Waals surface area contributed by atoms with E-state index in [9.17, 15) is 0 Å². The summed E-state index contributed by atoms with van der Waals surface area (Å²) >= 11 is 12.0. The van der Waals surface area contributed by atoms with E-state index in [0.717, 1.165) is 57.4 Å². The molecule has 1 aliphatic rings. The number of hydrogen-bond acceptors (Lipinski definition) is 5. The predicted molar refractivity (Wildman–Crippen MR) is 104 cm³/mol. The Bertz CT molecular complexity index is 676. The van der Waals surface area contributed by atoms with E-state index in [4.69, 9.17) is 27.9 Å². The standard InChI is InChI=1S/C16H21Cl2N5O.ClH/c1-2-22(6-5-21-7-9-24-10-8-21)16-12-23(20-19-16)13-3-4-14(17)15(18)11-13;/h3-4,11-12H,2,5-10H2,1H3;1H. The number of ether oxygens (including phenoxy) is 1. The van der Waals surface area contributed by atoms with Crippen LogP contribution in [0.15, 0.2) is 24.4 Å². The van der Waals surface area contributed by atoms with E-state index >= 15 is 0 Å². The quantitative estimate of drug-likeness (QED) is 0.737. The third-order valence-electron chi connectivity index (χ3n) is 4.14. The van der Waals surface area contributed by atoms with Gasteiger partial charge in [-0.05, 0) is 25.1 Å². The Balaban J connectivity index is 0.00000225. The van der Waals surface area contributed by atoms with Crippen LogP contribution in [0.5, 0.6) is 0 Å². The molecule has 1 saturated heterocycles. The van der Waals surface area contributed by atoms with E-state index in [1.807, 2.05) is 12.3 Å². The number of likely N-dealkylation sites (N-methyl/N-ethyl adjacent to an activating group) is 1. The van der Waals surface area contributed by atoms with Crippen LogP contribution in [-0.4, -0.2) is 65.8 Å². The van der Waals surface area contributed by atoms with Gasteiger partial charge in [-0.1, -0.05) is 28.4 Å². The highest BCUT2D eigenvalue weighted by atomic mass is 35.5. The summed E-state index contributed by atoms with van der Waals surface area (Å²) in [6.07, 6.45) is 1.92. The van der Waals surface area contributed by atoms with Gasteiger partial charge in [-0.3, -0.25) is 4.90 Å². The van der Waals surface area contributed by atoms with Gasteiger partial charge in [0.25, 0.3) is 0 Å². The molecule has 0 unspecified atom stereocenters. The average molecular weight is 407 g/mol. The smallest absolute Gasteiger partial charge is 0.171 e. The van der Waals surface area contributed by atoms with Crippen LogP contribution in [0.1, 0.15) is 6.92 Å². The van der Waals surface area contributed by atoms with Crippen molar-refractivity contribution in [3.05, 3.63) is 34.4 Å². The Hall–Kier alpha value is -1.05. The fourth-order valence-electron chi connectivity index (χ4n) is 2.68. The Labute approximate surface area is 164 Å². The van der Waals surface area contributed by atoms with Crippen molar-refractivity contribution >= 4 is 41.4 Å². The van der Waals surface area contributed by atoms with Crippen LogP contribution in [-0.2, 0) is 4.74 Å². The number of rotatable bonds is 6. The Morgan fingerprint density at radius 2 is 1.96 bits per heavy atom. The number of aromatic nitrogens is 3. The second-order valence-corrected chi connectivity index (χ2v) is 6.47. The molecular weight excluding hydrogens is 385 g/mol. The van der Waals surface area contributed by atoms with Crippen LogP contribution in [0.25, 0.3) is 5.69 Å². The minimum absolute atomic E-state index is 0. The lowest BCUT2D eigenvalue weighted by Crippen LogP contribution is -2.41. The number of benzene rings is 1. The van der Waals surface area contributed by atoms with Crippen molar-refractivity contribution in [3.63, 3.8) is 0 Å². The topological polar surface area (TPSA) is 46.4 Å². The lowest BCUT2D eigenvalue weighted by Gasteiger charge is -2.29. The second kappa shape index (κ2) is 9.59. The molecule has 3 rings (SSSR count). The Kier molecular flexibility index (Phi) is 7.78. The van der Waals surface area contributed by atoms with Crippen LogP contribution in [0, 0.1) is 0 Å². The number of hydrogen-bond donors (Lipinski definition) is 0. The number of nitrogens with zero attached hydrogens (tertiary/aromatic N) is 5. The van der Waals surface area contributed by atoms with Crippen molar-refractivity contribution in [1.82, 2.24) is 19.9 Å². The van der Waals surface area contributed by atoms with Gasteiger partial charge in [-0.15, -0.1) is 17.5 Å². The number of morpholine rings is 1. The molecule has 1 fully saturated rings. The average Bonchev–Trinajstić information content (AvgIpc) is 3.09. The lowest BCUT2D eigenvalue weighted by molar-refractivity contribution is 0.0392. The summed E-state index contributed by atoms with van der Waals surface area (Å²) in [4.78, 5) is 4.63. The molecule has 138 valence electrons. The highest BCUT2D eigenvalue weighted by Crippen LogP contribution is 2.24. The van der Waals surface area contributed by atoms with Gasteiger partial charge >= 0.3 is 0 Å². The summed E-state index contributed by atoms with van der Waals surface area (Å²) in [6.45, 7) is 8.54. The summed E-state index contributed by atoms with van der Waals surface area (Å²) in [6, 6.07) is 5.42. The van der Waals surface area contributed by atoms with E-state index < -0.39 is 0 Å². The summed E-state index contributed by atoms with van der Waals surface area (Å²) < 4.78 is 7.10. The third-order valence-corrected chi connectivity index (χ3v) is 4.88. The maximum Gasteiger partial charge on any atom is 0.171 e. The molecule has 0 N–H and O–H groups in total. The van der Waals surface area contributed by atoms with E-state index in [1.54, 1.807) is 16.8 Å². The molecule has 0 atom stereocenters. The summed E-state index contributed by atoms with van der Waals surface area (Å²) in [7, 11) is 0. The van der Waals surface area contributed by atoms with Crippen LogP contribution in [0.2, 0.25) is 10.0 Å². The summed E-state index contributed by atoms with van der Waals surface area (Å²) in [5.41, 5.74) is 0.840. The molecule has 0 saturated carbocycles. The molecule has 0 bridgehead atoms. The van der Waals surface area contributed by atoms with Gasteiger partial charge in [0.15, 0.2) is 5.82 Å². The minimum Gasteiger partial charge on any atom is -0.379 e. The van der Waals surface area contributed by atoms with Crippen molar-refractivity contribution in [1.29, 1.82) is 0 Å². The van der Waals surface area contributed by atoms with Crippen molar-refractivity contribution in [2.75, 3.05) is 50.8 Å². The van der Waals surface area contributed by atoms with Crippen LogP contribution in [0.4, 0.5) is 5.82 Å². The molecule has 0 aliphatic carbocycles. The van der Waals surface area contributed by atoms with Gasteiger partial charge in [0, 0.05) is 32.7 Å². The van der Waals surface area contributed by atoms with Crippen molar-refractivity contribution in [2.45, 2.75) is 6.92 Å². The van der Waals surface area contributed by atoms with Gasteiger partial charge in [-0.25, -0.2) is 4.68 Å². The first-order chi connectivity index (χ1) is 11.7. The molecule has 1 aromatic heterocycles. The summed E-state index contributed by atoms with van der Waals surface area (Å²) in [5, 5.41) is 9.54. The maximum absolute atomic E-state index is 6.08. The van der Waals surface area contributed by atoms with Crippen LogP contribution >= 0.6 is 35.6 Å². The molecular formula is C16H22Cl3N5O. The van der Waals surface area contributed by atoms with Crippen molar-refractivity contribution in [3.8, 4) is 5.69 Å². The van der Waals surface area contributed by atoms with E-state index in [1.165, 1.54) is 0 Å². The first-order valence-electron chi connectivity index (χ1n) is 8.10. The van der Waals surface area contributed by atoms with Crippen molar-refractivity contribution < 1.29 is 4.74 Å². The number of halogens is 3. The van der Waals surface area contributed by atoms with E-state index in [0.29, 0.717) is 10.0 Å². The molecule has 0 radical (unpaired) electrons. The zero-order valence-corrected chi connectivity index (χ0v) is 16.4. The first-order valence-corrected chi connectivity index (χ1v) is 8.86. The molecule has 2 aromatic rings. The van der Waals surface area contributed by atoms with Crippen LogP contribution < -0.4 is 4.90 Å². The fourth-order valence-corrected chi connectivity index (χ4v) is 2.97. The molecule has 6 nitrogen and oxygen atoms in total. The van der Waals surface area contributed by atoms with Gasteiger partial charge in [0.2, 0.25) is 0 Å². The van der Waals surface area contributed by atoms with Gasteiger partial charge < -0.3 is 9.64 Å². The fraction of sp³-hybridized carbons (Fsp3) is 0.500. The maximum atomic E-state index is 6.08. The van der Waals surface area contributed by atoms with E-state index in [2.05, 4.69) is 27.0 Å². The van der Waals surface area contributed by atoms with Gasteiger partial charge in [0.05, 0.1) is 35.1 Å². The second-order valence-electron chi connectivity index (χ2n) is 5.65. The van der Waals surface area contributed by atoms with E-state index in [-0.39, 0.29) is 12.4 Å². The van der Waals surface area contributed by atoms with Gasteiger partial charge in [0.1, 0.15) is 0 Å². The molecule has 2 heterocycles. The predicted octanol–water partition coefficient (Wildman–Crippen LogP) is 3.15. The third kappa shape index (κ3) is 5.21. The van der Waals surface area contributed by atoms with Crippen LogP contribution in [0.3, 0.4) is 0 Å². The highest BCUT2D eigenvalue weighted by molar-refractivity contribution is 6.42. The Morgan fingerprint density at radius 1 is 1.20 bits per heavy atom. The molecule has 0 spiro atoms. The number of anilines is 1. The zero-order chi connectivity index (χ0) is 16.9. The Morgan fingerprint density at radius 3 is 2.64 bits per heavy atom. The molecule has 0 amide bonds. The molecule has 1 aromatic carbocycles. The van der Waals surface area contributed by atoms with Crippen molar-refractivity contribution in [2.24, 2.45) is 0 Å². The normalized spacial score (nSPS) is 15.0.